The van der Waals surface area contributed by atoms with Crippen LogP contribution in [0.25, 0.3) is 32.3 Å². The van der Waals surface area contributed by atoms with E-state index in [9.17, 15) is 0 Å². The summed E-state index contributed by atoms with van der Waals surface area (Å²) >= 11 is 0. The largest absolute Gasteiger partial charge is 0.309 e. The number of benzene rings is 8. The van der Waals surface area contributed by atoms with Crippen molar-refractivity contribution in [1.82, 2.24) is 0 Å². The van der Waals surface area contributed by atoms with Crippen molar-refractivity contribution in [3.05, 3.63) is 180 Å². The Labute approximate surface area is 293 Å². The van der Waals surface area contributed by atoms with E-state index in [1.165, 1.54) is 77.3 Å². The Morgan fingerprint density at radius 1 is 0.400 bits per heavy atom. The number of rotatable bonds is 3. The van der Waals surface area contributed by atoms with Gasteiger partial charge in [0, 0.05) is 38.4 Å². The van der Waals surface area contributed by atoms with Crippen LogP contribution in [0.15, 0.2) is 158 Å². The SMILES string of the molecule is CC1(C)c2ccccc2N2c3c1cccc3C(C)(C)c1ccc3c(ccc4c(N(c5ccccc5)c5ccccc5)c5ccccc5cc43)c12. The Morgan fingerprint density at radius 2 is 0.940 bits per heavy atom. The summed E-state index contributed by atoms with van der Waals surface area (Å²) < 4.78 is 0. The van der Waals surface area contributed by atoms with Crippen LogP contribution in [0.3, 0.4) is 0 Å². The summed E-state index contributed by atoms with van der Waals surface area (Å²) in [5, 5.41) is 7.52. The molecule has 0 spiro atoms. The first kappa shape index (κ1) is 29.1. The minimum absolute atomic E-state index is 0.116. The summed E-state index contributed by atoms with van der Waals surface area (Å²) in [6.07, 6.45) is 0. The summed E-state index contributed by atoms with van der Waals surface area (Å²) in [6, 6.07) is 58.4. The van der Waals surface area contributed by atoms with E-state index >= 15 is 0 Å². The third-order valence-electron chi connectivity index (χ3n) is 11.6. The number of fused-ring (bicyclic) bond motifs is 9. The van der Waals surface area contributed by atoms with E-state index in [0.717, 1.165) is 11.4 Å². The summed E-state index contributed by atoms with van der Waals surface area (Å²) in [4.78, 5) is 5.03. The predicted molar refractivity (Wildman–Crippen MR) is 213 cm³/mol. The highest BCUT2D eigenvalue weighted by atomic mass is 15.2. The van der Waals surface area contributed by atoms with E-state index in [1.807, 2.05) is 0 Å². The molecule has 0 unspecified atom stereocenters. The van der Waals surface area contributed by atoms with Gasteiger partial charge in [0.1, 0.15) is 0 Å². The van der Waals surface area contributed by atoms with Crippen LogP contribution in [0.5, 0.6) is 0 Å². The molecule has 50 heavy (non-hydrogen) atoms. The number of anilines is 6. The lowest BCUT2D eigenvalue weighted by Gasteiger charge is -2.49. The van der Waals surface area contributed by atoms with Crippen LogP contribution >= 0.6 is 0 Å². The topological polar surface area (TPSA) is 6.48 Å². The summed E-state index contributed by atoms with van der Waals surface area (Å²) in [5.74, 6) is 0. The van der Waals surface area contributed by atoms with Crippen molar-refractivity contribution in [1.29, 1.82) is 0 Å². The lowest BCUT2D eigenvalue weighted by molar-refractivity contribution is 0.598. The van der Waals surface area contributed by atoms with Crippen molar-refractivity contribution in [2.75, 3.05) is 9.80 Å². The Balaban J connectivity index is 1.33. The maximum atomic E-state index is 2.60. The predicted octanol–water partition coefficient (Wildman–Crippen LogP) is 13.4. The zero-order chi connectivity index (χ0) is 33.8. The molecular formula is C48H38N2. The molecule has 0 radical (unpaired) electrons. The van der Waals surface area contributed by atoms with Crippen molar-refractivity contribution in [2.24, 2.45) is 0 Å². The van der Waals surface area contributed by atoms with Gasteiger partial charge in [-0.1, -0.05) is 149 Å². The van der Waals surface area contributed by atoms with Crippen LogP contribution in [-0.4, -0.2) is 0 Å². The van der Waals surface area contributed by atoms with Gasteiger partial charge >= 0.3 is 0 Å². The highest BCUT2D eigenvalue weighted by Gasteiger charge is 2.45. The molecule has 0 N–H and O–H groups in total. The van der Waals surface area contributed by atoms with Crippen LogP contribution in [0.1, 0.15) is 49.9 Å². The van der Waals surface area contributed by atoms with Crippen LogP contribution in [0.4, 0.5) is 34.1 Å². The molecule has 0 amide bonds. The molecule has 8 aromatic rings. The van der Waals surface area contributed by atoms with Crippen molar-refractivity contribution in [3.63, 3.8) is 0 Å². The lowest BCUT2D eigenvalue weighted by atomic mass is 9.66. The molecule has 2 heteroatoms. The Kier molecular flexibility index (Phi) is 6.01. The molecule has 2 aliphatic rings. The van der Waals surface area contributed by atoms with E-state index in [4.69, 9.17) is 0 Å². The Bertz CT molecular complexity index is 2600. The van der Waals surface area contributed by atoms with Gasteiger partial charge in [-0.3, -0.25) is 0 Å². The maximum Gasteiger partial charge on any atom is 0.0618 e. The fourth-order valence-corrected chi connectivity index (χ4v) is 9.09. The van der Waals surface area contributed by atoms with Crippen LogP contribution in [0.2, 0.25) is 0 Å². The molecule has 2 nitrogen and oxygen atoms in total. The molecule has 8 aromatic carbocycles. The zero-order valence-corrected chi connectivity index (χ0v) is 28.9. The molecule has 0 aliphatic carbocycles. The number of hydrogen-bond donors (Lipinski definition) is 0. The van der Waals surface area contributed by atoms with Crippen LogP contribution < -0.4 is 9.80 Å². The molecule has 10 rings (SSSR count). The van der Waals surface area contributed by atoms with Gasteiger partial charge < -0.3 is 9.80 Å². The smallest absolute Gasteiger partial charge is 0.0618 e. The highest BCUT2D eigenvalue weighted by molar-refractivity contribution is 6.23. The quantitative estimate of drug-likeness (QED) is 0.140. The standard InChI is InChI=1S/C48H38N2/c1-47(2)39-22-13-14-25-43(39)50-45-36-26-27-37-38(35(36)28-29-42(45)48(3,4)41-24-15-23-40(47)46(41)50)30-31-16-11-12-21-34(31)44(37)49(32-17-7-5-8-18-32)33-19-9-6-10-20-33/h5-30H,1-4H3. The average Bonchev–Trinajstić information content (AvgIpc) is 3.15. The van der Waals surface area contributed by atoms with Gasteiger partial charge in [-0.2, -0.15) is 0 Å². The van der Waals surface area contributed by atoms with Gasteiger partial charge in [0.15, 0.2) is 0 Å². The van der Waals surface area contributed by atoms with Gasteiger partial charge in [-0.15, -0.1) is 0 Å². The maximum absolute atomic E-state index is 2.60. The molecule has 2 aliphatic heterocycles. The molecular weight excluding hydrogens is 605 g/mol. The molecule has 0 atom stereocenters. The van der Waals surface area contributed by atoms with Crippen molar-refractivity contribution >= 4 is 66.4 Å². The molecule has 0 aromatic heterocycles. The fourth-order valence-electron chi connectivity index (χ4n) is 9.09. The first-order valence-corrected chi connectivity index (χ1v) is 17.7. The van der Waals surface area contributed by atoms with E-state index in [0.29, 0.717) is 0 Å². The van der Waals surface area contributed by atoms with Gasteiger partial charge in [-0.25, -0.2) is 0 Å². The average molecular weight is 643 g/mol. The Hall–Kier alpha value is -5.86. The van der Waals surface area contributed by atoms with Crippen molar-refractivity contribution in [2.45, 2.75) is 38.5 Å². The van der Waals surface area contributed by atoms with Crippen LogP contribution in [0, 0.1) is 0 Å². The van der Waals surface area contributed by atoms with Crippen molar-refractivity contribution < 1.29 is 0 Å². The van der Waals surface area contributed by atoms with E-state index in [2.05, 4.69) is 195 Å². The zero-order valence-electron chi connectivity index (χ0n) is 28.9. The molecule has 0 saturated carbocycles. The number of para-hydroxylation sites is 4. The van der Waals surface area contributed by atoms with E-state index in [1.54, 1.807) is 0 Å². The molecule has 0 saturated heterocycles. The first-order chi connectivity index (χ1) is 24.4. The second-order valence-electron chi connectivity index (χ2n) is 15.0. The second-order valence-corrected chi connectivity index (χ2v) is 15.0. The van der Waals surface area contributed by atoms with Crippen molar-refractivity contribution in [3.8, 4) is 0 Å². The number of hydrogen-bond acceptors (Lipinski definition) is 2. The fraction of sp³-hybridized carbons (Fsp3) is 0.125. The normalized spacial score (nSPS) is 15.1. The highest BCUT2D eigenvalue weighted by Crippen LogP contribution is 2.61. The van der Waals surface area contributed by atoms with Gasteiger partial charge in [0.05, 0.1) is 22.7 Å². The summed E-state index contributed by atoms with van der Waals surface area (Å²) in [7, 11) is 0. The third-order valence-corrected chi connectivity index (χ3v) is 11.6. The van der Waals surface area contributed by atoms with Gasteiger partial charge in [0.25, 0.3) is 0 Å². The van der Waals surface area contributed by atoms with Gasteiger partial charge in [0.2, 0.25) is 0 Å². The molecule has 240 valence electrons. The monoisotopic (exact) mass is 642 g/mol. The molecule has 2 heterocycles. The van der Waals surface area contributed by atoms with Gasteiger partial charge in [-0.05, 0) is 74.8 Å². The second kappa shape index (κ2) is 10.3. The van der Waals surface area contributed by atoms with Crippen LogP contribution in [-0.2, 0) is 10.8 Å². The van der Waals surface area contributed by atoms with E-state index < -0.39 is 0 Å². The summed E-state index contributed by atoms with van der Waals surface area (Å²) in [6.45, 7) is 9.58. The minimum Gasteiger partial charge on any atom is -0.309 e. The molecule has 0 fully saturated rings. The lowest BCUT2D eigenvalue weighted by Crippen LogP contribution is -2.38. The molecule has 0 bridgehead atoms. The summed E-state index contributed by atoms with van der Waals surface area (Å²) in [5.41, 5.74) is 12.6. The van der Waals surface area contributed by atoms with E-state index in [-0.39, 0.29) is 10.8 Å². The Morgan fingerprint density at radius 3 is 1.66 bits per heavy atom. The third kappa shape index (κ3) is 3.85. The minimum atomic E-state index is -0.172. The first-order valence-electron chi connectivity index (χ1n) is 17.7. The number of nitrogens with zero attached hydrogens (tertiary/aromatic N) is 2.